The molecule has 0 saturated heterocycles. The van der Waals surface area contributed by atoms with E-state index in [0.29, 0.717) is 0 Å². The molecule has 0 atom stereocenters. The highest BCUT2D eigenvalue weighted by Crippen LogP contribution is 2.29. The summed E-state index contributed by atoms with van der Waals surface area (Å²) < 4.78 is 6.32. The van der Waals surface area contributed by atoms with E-state index in [4.69, 9.17) is 4.74 Å². The highest BCUT2D eigenvalue weighted by atomic mass is 16.5. The number of hydrogen-bond donors (Lipinski definition) is 0. The lowest BCUT2D eigenvalue weighted by Gasteiger charge is -2.21. The molecule has 0 aliphatic heterocycles. The van der Waals surface area contributed by atoms with Gasteiger partial charge in [-0.3, -0.25) is 0 Å². The molecule has 0 bridgehead atoms. The smallest absolute Gasteiger partial charge is 0.128 e. The zero-order valence-electron chi connectivity index (χ0n) is 17.5. The van der Waals surface area contributed by atoms with Crippen LogP contribution in [0.3, 0.4) is 0 Å². The van der Waals surface area contributed by atoms with Gasteiger partial charge in [0.05, 0.1) is 6.61 Å². The lowest BCUT2D eigenvalue weighted by molar-refractivity contribution is 0.285. The van der Waals surface area contributed by atoms with E-state index in [1.165, 1.54) is 48.8 Å². The van der Waals surface area contributed by atoms with Gasteiger partial charge >= 0.3 is 0 Å². The molecular formula is C22H40N2O. The van der Waals surface area contributed by atoms with Crippen molar-refractivity contribution >= 4 is 0 Å². The van der Waals surface area contributed by atoms with Crippen LogP contribution in [0.1, 0.15) is 69.1 Å². The second-order valence-corrected chi connectivity index (χ2v) is 7.69. The molecule has 0 unspecified atom stereocenters. The van der Waals surface area contributed by atoms with E-state index < -0.39 is 0 Å². The zero-order valence-corrected chi connectivity index (χ0v) is 17.5. The van der Waals surface area contributed by atoms with E-state index in [9.17, 15) is 0 Å². The normalized spacial score (nSPS) is 11.5. The summed E-state index contributed by atoms with van der Waals surface area (Å²) in [6, 6.07) is 4.66. The van der Waals surface area contributed by atoms with E-state index in [1.807, 2.05) is 0 Å². The van der Waals surface area contributed by atoms with Crippen LogP contribution < -0.4 is 4.74 Å². The molecule has 25 heavy (non-hydrogen) atoms. The van der Waals surface area contributed by atoms with Crippen molar-refractivity contribution in [2.24, 2.45) is 0 Å². The van der Waals surface area contributed by atoms with Crippen LogP contribution >= 0.6 is 0 Å². The molecule has 0 heterocycles. The summed E-state index contributed by atoms with van der Waals surface area (Å²) in [4.78, 5) is 4.46. The number of hydrogen-bond acceptors (Lipinski definition) is 3. The van der Waals surface area contributed by atoms with Crippen LogP contribution in [0.4, 0.5) is 0 Å². The Morgan fingerprint density at radius 2 is 1.28 bits per heavy atom. The quantitative estimate of drug-likeness (QED) is 0.461. The van der Waals surface area contributed by atoms with Crippen LogP contribution in [0.5, 0.6) is 5.75 Å². The zero-order chi connectivity index (χ0) is 18.7. The summed E-state index contributed by atoms with van der Waals surface area (Å²) in [5, 5.41) is 0. The van der Waals surface area contributed by atoms with Gasteiger partial charge in [-0.25, -0.2) is 0 Å². The third-order valence-corrected chi connectivity index (χ3v) is 4.43. The maximum absolute atomic E-state index is 6.32. The Labute approximate surface area is 156 Å². The number of aryl methyl sites for hydroxylation is 1. The Balaban J connectivity index is 2.80. The van der Waals surface area contributed by atoms with Crippen molar-refractivity contribution < 1.29 is 4.74 Å². The summed E-state index contributed by atoms with van der Waals surface area (Å²) in [5.41, 5.74) is 4.06. The summed E-state index contributed by atoms with van der Waals surface area (Å²) in [6.07, 6.45) is 8.86. The number of rotatable bonds is 13. The van der Waals surface area contributed by atoms with Gasteiger partial charge in [0.25, 0.3) is 0 Å². The predicted molar refractivity (Wildman–Crippen MR) is 109 cm³/mol. The number of nitrogens with zero attached hydrogens (tertiary/aromatic N) is 2. The lowest BCUT2D eigenvalue weighted by Crippen LogP contribution is -2.16. The molecule has 1 aromatic rings. The van der Waals surface area contributed by atoms with Gasteiger partial charge in [-0.2, -0.15) is 0 Å². The molecule has 0 fully saturated rings. The van der Waals surface area contributed by atoms with E-state index in [-0.39, 0.29) is 0 Å². The fourth-order valence-corrected chi connectivity index (χ4v) is 3.19. The molecule has 0 N–H and O–H groups in total. The van der Waals surface area contributed by atoms with E-state index in [2.05, 4.69) is 64.0 Å². The van der Waals surface area contributed by atoms with Crippen molar-refractivity contribution in [3.8, 4) is 5.75 Å². The standard InChI is InChI=1S/C22H40N2O/c1-7-9-10-11-12-13-14-25-22-20(17-23(3)4)15-19(8-2)16-21(22)18-24(5)6/h15-16H,7-14,17-18H2,1-6H3. The maximum Gasteiger partial charge on any atom is 0.128 e. The van der Waals surface area contributed by atoms with Crippen LogP contribution in [0.25, 0.3) is 0 Å². The van der Waals surface area contributed by atoms with Gasteiger partial charge in [0.1, 0.15) is 5.75 Å². The molecule has 1 rings (SSSR count). The second kappa shape index (κ2) is 12.3. The molecule has 0 aliphatic carbocycles. The lowest BCUT2D eigenvalue weighted by atomic mass is 10.0. The maximum atomic E-state index is 6.32. The van der Waals surface area contributed by atoms with Gasteiger partial charge in [0.2, 0.25) is 0 Å². The van der Waals surface area contributed by atoms with Gasteiger partial charge in [-0.15, -0.1) is 0 Å². The van der Waals surface area contributed by atoms with Gasteiger partial charge < -0.3 is 14.5 Å². The summed E-state index contributed by atoms with van der Waals surface area (Å²) in [5.74, 6) is 1.12. The first-order valence-electron chi connectivity index (χ1n) is 10.0. The summed E-state index contributed by atoms with van der Waals surface area (Å²) in [7, 11) is 8.51. The van der Waals surface area contributed by atoms with E-state index in [1.54, 1.807) is 0 Å². The van der Waals surface area contributed by atoms with E-state index in [0.717, 1.165) is 38.3 Å². The summed E-state index contributed by atoms with van der Waals surface area (Å²) >= 11 is 0. The molecule has 0 aliphatic rings. The number of unbranched alkanes of at least 4 members (excludes halogenated alkanes) is 5. The average molecular weight is 349 g/mol. The highest BCUT2D eigenvalue weighted by Gasteiger charge is 2.14. The SMILES string of the molecule is CCCCCCCCOc1c(CN(C)C)cc(CC)cc1CN(C)C. The molecule has 1 aromatic carbocycles. The minimum Gasteiger partial charge on any atom is -0.493 e. The molecule has 3 nitrogen and oxygen atoms in total. The first-order chi connectivity index (χ1) is 12.0. The van der Waals surface area contributed by atoms with Crippen LogP contribution in [0, 0.1) is 0 Å². The molecule has 144 valence electrons. The van der Waals surface area contributed by atoms with Gasteiger partial charge in [-0.05, 0) is 46.6 Å². The minimum absolute atomic E-state index is 0.832. The third-order valence-electron chi connectivity index (χ3n) is 4.43. The molecule has 0 saturated carbocycles. The van der Waals surface area contributed by atoms with Gasteiger partial charge in [-0.1, -0.05) is 58.1 Å². The molecule has 0 radical (unpaired) electrons. The minimum atomic E-state index is 0.832. The number of benzene rings is 1. The monoisotopic (exact) mass is 348 g/mol. The second-order valence-electron chi connectivity index (χ2n) is 7.69. The fourth-order valence-electron chi connectivity index (χ4n) is 3.19. The largest absolute Gasteiger partial charge is 0.493 e. The molecule has 0 aromatic heterocycles. The fraction of sp³-hybridized carbons (Fsp3) is 0.727. The van der Waals surface area contributed by atoms with Crippen LogP contribution in [0.2, 0.25) is 0 Å². The Morgan fingerprint density at radius 3 is 1.76 bits per heavy atom. The van der Waals surface area contributed by atoms with Gasteiger partial charge in [0, 0.05) is 24.2 Å². The third kappa shape index (κ3) is 8.73. The highest BCUT2D eigenvalue weighted by molar-refractivity contribution is 5.45. The van der Waals surface area contributed by atoms with Crippen LogP contribution in [-0.4, -0.2) is 44.6 Å². The molecular weight excluding hydrogens is 308 g/mol. The van der Waals surface area contributed by atoms with Crippen LogP contribution in [0.15, 0.2) is 12.1 Å². The van der Waals surface area contributed by atoms with Crippen molar-refractivity contribution in [3.63, 3.8) is 0 Å². The first-order valence-corrected chi connectivity index (χ1v) is 10.0. The first kappa shape index (κ1) is 22.0. The Morgan fingerprint density at radius 1 is 0.760 bits per heavy atom. The van der Waals surface area contributed by atoms with Crippen molar-refractivity contribution in [2.45, 2.75) is 71.9 Å². The van der Waals surface area contributed by atoms with Crippen molar-refractivity contribution in [1.82, 2.24) is 9.80 Å². The van der Waals surface area contributed by atoms with Gasteiger partial charge in [0.15, 0.2) is 0 Å². The van der Waals surface area contributed by atoms with Crippen molar-refractivity contribution in [1.29, 1.82) is 0 Å². The molecule has 0 spiro atoms. The van der Waals surface area contributed by atoms with Crippen LogP contribution in [-0.2, 0) is 19.5 Å². The Kier molecular flexibility index (Phi) is 10.8. The van der Waals surface area contributed by atoms with E-state index >= 15 is 0 Å². The Bertz CT molecular complexity index is 452. The Hall–Kier alpha value is -1.06. The average Bonchev–Trinajstić information content (AvgIpc) is 2.54. The molecule has 3 heteroatoms. The molecule has 0 amide bonds. The number of ether oxygens (including phenoxy) is 1. The van der Waals surface area contributed by atoms with Crippen molar-refractivity contribution in [3.05, 3.63) is 28.8 Å². The van der Waals surface area contributed by atoms with Crippen molar-refractivity contribution in [2.75, 3.05) is 34.8 Å². The summed E-state index contributed by atoms with van der Waals surface area (Å²) in [6.45, 7) is 7.19. The topological polar surface area (TPSA) is 15.7 Å². The predicted octanol–water partition coefficient (Wildman–Crippen LogP) is 5.11.